The van der Waals surface area contributed by atoms with E-state index in [1.807, 2.05) is 20.8 Å². The summed E-state index contributed by atoms with van der Waals surface area (Å²) >= 11 is 0. The van der Waals surface area contributed by atoms with Gasteiger partial charge in [-0.15, -0.1) is 0 Å². The third-order valence-corrected chi connectivity index (χ3v) is 3.81. The lowest BCUT2D eigenvalue weighted by molar-refractivity contribution is -0.156. The lowest BCUT2D eigenvalue weighted by atomic mass is 10.0. The molecule has 1 atom stereocenters. The summed E-state index contributed by atoms with van der Waals surface area (Å²) in [6.45, 7) is 5.79. The molecule has 0 aliphatic carbocycles. The second-order valence-corrected chi connectivity index (χ2v) is 6.42. The molecule has 146 valence electrons. The molecule has 0 saturated heterocycles. The summed E-state index contributed by atoms with van der Waals surface area (Å²) in [5.74, 6) is -0.854. The van der Waals surface area contributed by atoms with E-state index in [0.717, 1.165) is 25.0 Å². The van der Waals surface area contributed by atoms with Crippen LogP contribution in [-0.4, -0.2) is 18.0 Å². The molecule has 0 aromatic heterocycles. The van der Waals surface area contributed by atoms with E-state index in [1.54, 1.807) is 0 Å². The number of benzene rings is 1. The van der Waals surface area contributed by atoms with Gasteiger partial charge in [0.25, 0.3) is 0 Å². The van der Waals surface area contributed by atoms with Gasteiger partial charge in [-0.1, -0.05) is 39.3 Å². The molecule has 0 amide bonds. The summed E-state index contributed by atoms with van der Waals surface area (Å²) in [6.07, 6.45) is -3.13. The number of rotatable bonds is 9. The molecule has 0 bridgehead atoms. The summed E-state index contributed by atoms with van der Waals surface area (Å²) in [5.41, 5.74) is -0.321. The Labute approximate surface area is 151 Å². The quantitative estimate of drug-likeness (QED) is 0.577. The van der Waals surface area contributed by atoms with E-state index in [-0.39, 0.29) is 31.5 Å². The highest BCUT2D eigenvalue weighted by Gasteiger charge is 2.29. The highest BCUT2D eigenvalue weighted by atomic mass is 19.4. The smallest absolute Gasteiger partial charge is 0.416 e. The van der Waals surface area contributed by atoms with E-state index >= 15 is 0 Å². The topological polar surface area (TPSA) is 52.6 Å². The summed E-state index contributed by atoms with van der Waals surface area (Å²) in [7, 11) is 0. The van der Waals surface area contributed by atoms with Crippen molar-refractivity contribution < 1.29 is 32.2 Å². The predicted molar refractivity (Wildman–Crippen MR) is 90.1 cm³/mol. The fourth-order valence-corrected chi connectivity index (χ4v) is 2.27. The van der Waals surface area contributed by atoms with Crippen LogP contribution in [0.5, 0.6) is 0 Å². The molecule has 7 heteroatoms. The number of hydrogen-bond donors (Lipinski definition) is 0. The van der Waals surface area contributed by atoms with Crippen LogP contribution in [0, 0.1) is 5.92 Å². The van der Waals surface area contributed by atoms with Gasteiger partial charge in [0.1, 0.15) is 12.7 Å². The minimum Gasteiger partial charge on any atom is -0.462 e. The summed E-state index contributed by atoms with van der Waals surface area (Å²) in [5, 5.41) is 0. The average Bonchev–Trinajstić information content (AvgIpc) is 2.57. The van der Waals surface area contributed by atoms with E-state index < -0.39 is 23.7 Å². The lowest BCUT2D eigenvalue weighted by Crippen LogP contribution is -2.24. The number of alkyl halides is 3. The molecule has 1 unspecified atom stereocenters. The fraction of sp³-hybridized carbons (Fsp3) is 0.579. The number of carbonyl (C=O) groups is 2. The van der Waals surface area contributed by atoms with Gasteiger partial charge < -0.3 is 9.47 Å². The minimum atomic E-state index is -4.40. The first-order valence-electron chi connectivity index (χ1n) is 8.64. The van der Waals surface area contributed by atoms with Crippen LogP contribution in [0.3, 0.4) is 0 Å². The molecular weight excluding hydrogens is 349 g/mol. The van der Waals surface area contributed by atoms with Crippen LogP contribution < -0.4 is 0 Å². The van der Waals surface area contributed by atoms with Crippen molar-refractivity contribution >= 4 is 11.9 Å². The standard InChI is InChI=1S/C19H25F3O4/c1-4-5-16(13(2)3)26-18(24)11-10-17(23)25-12-14-6-8-15(9-7-14)19(20,21)22/h6-9,13,16H,4-5,10-12H2,1-3H3. The van der Waals surface area contributed by atoms with Crippen LogP contribution in [0.25, 0.3) is 0 Å². The molecule has 0 aliphatic rings. The van der Waals surface area contributed by atoms with Crippen LogP contribution in [0.1, 0.15) is 57.6 Å². The molecule has 0 fully saturated rings. The molecule has 0 saturated carbocycles. The summed E-state index contributed by atoms with van der Waals surface area (Å²) < 4.78 is 47.7. The third kappa shape index (κ3) is 7.89. The fourth-order valence-electron chi connectivity index (χ4n) is 2.27. The SMILES string of the molecule is CCCC(OC(=O)CCC(=O)OCc1ccc(C(F)(F)F)cc1)C(C)C. The van der Waals surface area contributed by atoms with Gasteiger partial charge in [-0.25, -0.2) is 0 Å². The van der Waals surface area contributed by atoms with Crippen LogP contribution in [0.2, 0.25) is 0 Å². The van der Waals surface area contributed by atoms with Gasteiger partial charge in [0, 0.05) is 0 Å². The van der Waals surface area contributed by atoms with E-state index in [0.29, 0.717) is 5.56 Å². The molecular formula is C19H25F3O4. The highest BCUT2D eigenvalue weighted by Crippen LogP contribution is 2.29. The van der Waals surface area contributed by atoms with Crippen LogP contribution in [0.4, 0.5) is 13.2 Å². The first kappa shape index (κ1) is 22.0. The highest BCUT2D eigenvalue weighted by molar-refractivity contribution is 5.77. The maximum atomic E-state index is 12.5. The monoisotopic (exact) mass is 374 g/mol. The Morgan fingerprint density at radius 2 is 1.62 bits per heavy atom. The second kappa shape index (κ2) is 10.2. The predicted octanol–water partition coefficient (Wildman–Crippen LogP) is 4.90. The molecule has 1 aromatic carbocycles. The number of hydrogen-bond acceptors (Lipinski definition) is 4. The van der Waals surface area contributed by atoms with Gasteiger partial charge in [0.15, 0.2) is 0 Å². The van der Waals surface area contributed by atoms with Crippen molar-refractivity contribution in [1.29, 1.82) is 0 Å². The van der Waals surface area contributed by atoms with E-state index in [1.165, 1.54) is 12.1 Å². The Morgan fingerprint density at radius 1 is 1.04 bits per heavy atom. The Kier molecular flexibility index (Phi) is 8.61. The largest absolute Gasteiger partial charge is 0.462 e. The zero-order chi connectivity index (χ0) is 19.7. The molecule has 1 rings (SSSR count). The van der Waals surface area contributed by atoms with Crippen molar-refractivity contribution in [2.75, 3.05) is 0 Å². The minimum absolute atomic E-state index is 0.0845. The normalized spacial score (nSPS) is 12.7. The zero-order valence-electron chi connectivity index (χ0n) is 15.3. The van der Waals surface area contributed by atoms with Crippen molar-refractivity contribution in [2.45, 2.75) is 65.3 Å². The zero-order valence-corrected chi connectivity index (χ0v) is 15.3. The van der Waals surface area contributed by atoms with Gasteiger partial charge in [-0.05, 0) is 30.0 Å². The number of carbonyl (C=O) groups excluding carboxylic acids is 2. The van der Waals surface area contributed by atoms with Crippen LogP contribution in [0.15, 0.2) is 24.3 Å². The van der Waals surface area contributed by atoms with Gasteiger partial charge in [-0.3, -0.25) is 9.59 Å². The molecule has 26 heavy (non-hydrogen) atoms. The number of esters is 2. The first-order valence-corrected chi connectivity index (χ1v) is 8.64. The van der Waals surface area contributed by atoms with Crippen molar-refractivity contribution in [1.82, 2.24) is 0 Å². The first-order chi connectivity index (χ1) is 12.1. The average molecular weight is 374 g/mol. The maximum Gasteiger partial charge on any atom is 0.416 e. The van der Waals surface area contributed by atoms with Gasteiger partial charge >= 0.3 is 18.1 Å². The third-order valence-electron chi connectivity index (χ3n) is 3.81. The molecule has 0 heterocycles. The Bertz CT molecular complexity index is 579. The van der Waals surface area contributed by atoms with Gasteiger partial charge in [0.2, 0.25) is 0 Å². The molecule has 4 nitrogen and oxygen atoms in total. The Hall–Kier alpha value is -2.05. The summed E-state index contributed by atoms with van der Waals surface area (Å²) in [6, 6.07) is 4.37. The molecule has 0 radical (unpaired) electrons. The molecule has 0 aliphatic heterocycles. The molecule has 0 N–H and O–H groups in total. The van der Waals surface area contributed by atoms with Crippen molar-refractivity contribution in [3.8, 4) is 0 Å². The Balaban J connectivity index is 2.37. The number of halogens is 3. The van der Waals surface area contributed by atoms with Gasteiger partial charge in [0.05, 0.1) is 18.4 Å². The number of ether oxygens (including phenoxy) is 2. The lowest BCUT2D eigenvalue weighted by Gasteiger charge is -2.20. The van der Waals surface area contributed by atoms with E-state index in [4.69, 9.17) is 9.47 Å². The molecule has 0 spiro atoms. The summed E-state index contributed by atoms with van der Waals surface area (Å²) in [4.78, 5) is 23.5. The second-order valence-electron chi connectivity index (χ2n) is 6.42. The van der Waals surface area contributed by atoms with Crippen molar-refractivity contribution in [3.05, 3.63) is 35.4 Å². The maximum absolute atomic E-state index is 12.5. The van der Waals surface area contributed by atoms with E-state index in [9.17, 15) is 22.8 Å². The van der Waals surface area contributed by atoms with E-state index in [2.05, 4.69) is 0 Å². The molecule has 1 aromatic rings. The van der Waals surface area contributed by atoms with Crippen LogP contribution >= 0.6 is 0 Å². The van der Waals surface area contributed by atoms with Gasteiger partial charge in [-0.2, -0.15) is 13.2 Å². The van der Waals surface area contributed by atoms with Crippen LogP contribution in [-0.2, 0) is 31.8 Å². The Morgan fingerprint density at radius 3 is 2.12 bits per heavy atom. The van der Waals surface area contributed by atoms with Crippen molar-refractivity contribution in [2.24, 2.45) is 5.92 Å². The van der Waals surface area contributed by atoms with Crippen molar-refractivity contribution in [3.63, 3.8) is 0 Å².